The normalized spacial score (nSPS) is 11.4. The molecule has 1 atom stereocenters. The van der Waals surface area contributed by atoms with E-state index in [0.29, 0.717) is 5.75 Å². The molecule has 0 aromatic heterocycles. The molecule has 0 spiro atoms. The molecule has 0 aliphatic heterocycles. The highest BCUT2D eigenvalue weighted by molar-refractivity contribution is 5.52. The van der Waals surface area contributed by atoms with Gasteiger partial charge >= 0.3 is 0 Å². The number of rotatable bonds is 2. The van der Waals surface area contributed by atoms with Crippen molar-refractivity contribution in [2.75, 3.05) is 0 Å². The first-order valence-electron chi connectivity index (χ1n) is 8.07. The maximum Gasteiger partial charge on any atom is 0.123 e. The molecule has 1 unspecified atom stereocenters. The maximum atomic E-state index is 10.6. The molecule has 0 aliphatic carbocycles. The maximum absolute atomic E-state index is 10.6. The standard InChI is InChI=1S/C23H20O/c1-17-15-18(2)23(24)22(16-17)21(20-11-7-4-8-12-20)14-13-19-9-5-3-6-10-19/h3-12,15-16,21,24H,1-2H3. The van der Waals surface area contributed by atoms with Crippen LogP contribution < -0.4 is 0 Å². The Bertz CT molecular complexity index is 884. The van der Waals surface area contributed by atoms with Crippen molar-refractivity contribution in [3.05, 3.63) is 101 Å². The third kappa shape index (κ3) is 3.50. The third-order valence-corrected chi connectivity index (χ3v) is 4.05. The zero-order valence-electron chi connectivity index (χ0n) is 14.0. The van der Waals surface area contributed by atoms with Crippen molar-refractivity contribution in [3.8, 4) is 17.6 Å². The van der Waals surface area contributed by atoms with Gasteiger partial charge in [0.05, 0.1) is 5.92 Å². The van der Waals surface area contributed by atoms with Gasteiger partial charge in [-0.1, -0.05) is 78.1 Å². The number of aromatic hydroxyl groups is 1. The van der Waals surface area contributed by atoms with Gasteiger partial charge in [0.1, 0.15) is 5.75 Å². The number of hydrogen-bond donors (Lipinski definition) is 1. The van der Waals surface area contributed by atoms with Crippen molar-refractivity contribution in [2.24, 2.45) is 0 Å². The molecule has 3 rings (SSSR count). The highest BCUT2D eigenvalue weighted by Gasteiger charge is 2.17. The first-order chi connectivity index (χ1) is 11.6. The number of benzene rings is 3. The molecule has 1 N–H and O–H groups in total. The van der Waals surface area contributed by atoms with Crippen LogP contribution >= 0.6 is 0 Å². The molecule has 118 valence electrons. The van der Waals surface area contributed by atoms with Crippen LogP contribution in [0.2, 0.25) is 0 Å². The Morgan fingerprint density at radius 2 is 1.46 bits per heavy atom. The lowest BCUT2D eigenvalue weighted by Gasteiger charge is -2.16. The summed E-state index contributed by atoms with van der Waals surface area (Å²) in [4.78, 5) is 0. The van der Waals surface area contributed by atoms with E-state index in [4.69, 9.17) is 0 Å². The Kier molecular flexibility index (Phi) is 4.68. The zero-order chi connectivity index (χ0) is 16.9. The Labute approximate surface area is 143 Å². The fourth-order valence-electron chi connectivity index (χ4n) is 2.88. The second kappa shape index (κ2) is 7.06. The summed E-state index contributed by atoms with van der Waals surface area (Å²) >= 11 is 0. The summed E-state index contributed by atoms with van der Waals surface area (Å²) in [6.07, 6.45) is 0. The summed E-state index contributed by atoms with van der Waals surface area (Å²) in [6, 6.07) is 24.1. The number of phenols is 1. The largest absolute Gasteiger partial charge is 0.507 e. The third-order valence-electron chi connectivity index (χ3n) is 4.05. The van der Waals surface area contributed by atoms with E-state index in [1.54, 1.807) is 0 Å². The fourth-order valence-corrected chi connectivity index (χ4v) is 2.88. The van der Waals surface area contributed by atoms with Gasteiger partial charge in [0, 0.05) is 11.1 Å². The number of phenolic OH excluding ortho intramolecular Hbond substituents is 1. The van der Waals surface area contributed by atoms with E-state index in [9.17, 15) is 5.11 Å². The first kappa shape index (κ1) is 15.9. The Balaban J connectivity index is 2.12. The minimum absolute atomic E-state index is 0.162. The van der Waals surface area contributed by atoms with Crippen molar-refractivity contribution in [1.29, 1.82) is 0 Å². The summed E-state index contributed by atoms with van der Waals surface area (Å²) < 4.78 is 0. The molecule has 1 heteroatoms. The van der Waals surface area contributed by atoms with Crippen LogP contribution in [-0.4, -0.2) is 5.11 Å². The highest BCUT2D eigenvalue weighted by Crippen LogP contribution is 2.34. The monoisotopic (exact) mass is 312 g/mol. The van der Waals surface area contributed by atoms with Crippen LogP contribution in [0.5, 0.6) is 5.75 Å². The van der Waals surface area contributed by atoms with Gasteiger partial charge in [0.15, 0.2) is 0 Å². The van der Waals surface area contributed by atoms with Gasteiger partial charge < -0.3 is 5.11 Å². The zero-order valence-corrected chi connectivity index (χ0v) is 14.0. The van der Waals surface area contributed by atoms with E-state index in [-0.39, 0.29) is 5.92 Å². The summed E-state index contributed by atoms with van der Waals surface area (Å²) in [6.45, 7) is 3.97. The van der Waals surface area contributed by atoms with Gasteiger partial charge in [0.25, 0.3) is 0 Å². The minimum Gasteiger partial charge on any atom is -0.507 e. The van der Waals surface area contributed by atoms with Gasteiger partial charge in [-0.25, -0.2) is 0 Å². The molecule has 3 aromatic rings. The van der Waals surface area contributed by atoms with Crippen molar-refractivity contribution < 1.29 is 5.11 Å². The molecular weight excluding hydrogens is 292 g/mol. The van der Waals surface area contributed by atoms with Crippen molar-refractivity contribution >= 4 is 0 Å². The van der Waals surface area contributed by atoms with Gasteiger partial charge in [-0.3, -0.25) is 0 Å². The average Bonchev–Trinajstić information content (AvgIpc) is 2.61. The van der Waals surface area contributed by atoms with E-state index in [1.165, 1.54) is 0 Å². The number of hydrogen-bond acceptors (Lipinski definition) is 1. The Morgan fingerprint density at radius 1 is 0.833 bits per heavy atom. The quantitative estimate of drug-likeness (QED) is 0.645. The second-order valence-corrected chi connectivity index (χ2v) is 6.00. The van der Waals surface area contributed by atoms with Crippen molar-refractivity contribution in [3.63, 3.8) is 0 Å². The molecule has 3 aromatic carbocycles. The van der Waals surface area contributed by atoms with Gasteiger partial charge in [-0.15, -0.1) is 0 Å². The summed E-state index contributed by atoms with van der Waals surface area (Å²) in [5.74, 6) is 6.77. The second-order valence-electron chi connectivity index (χ2n) is 6.00. The lowest BCUT2D eigenvalue weighted by atomic mass is 9.88. The number of aryl methyl sites for hydroxylation is 2. The van der Waals surface area contributed by atoms with Crippen LogP contribution in [0.4, 0.5) is 0 Å². The van der Waals surface area contributed by atoms with Crippen LogP contribution in [0.1, 0.15) is 33.7 Å². The smallest absolute Gasteiger partial charge is 0.123 e. The Hall–Kier alpha value is -2.98. The molecule has 0 amide bonds. The van der Waals surface area contributed by atoms with E-state index in [0.717, 1.165) is 27.8 Å². The van der Waals surface area contributed by atoms with Crippen LogP contribution in [0.25, 0.3) is 0 Å². The lowest BCUT2D eigenvalue weighted by molar-refractivity contribution is 0.463. The molecule has 24 heavy (non-hydrogen) atoms. The van der Waals surface area contributed by atoms with Gasteiger partial charge in [-0.05, 0) is 37.1 Å². The minimum atomic E-state index is -0.162. The topological polar surface area (TPSA) is 20.2 Å². The van der Waals surface area contributed by atoms with Crippen molar-refractivity contribution in [1.82, 2.24) is 0 Å². The molecule has 0 aliphatic rings. The molecule has 0 saturated heterocycles. The SMILES string of the molecule is Cc1cc(C)c(O)c(C(C#Cc2ccccc2)c2ccccc2)c1. The molecule has 0 saturated carbocycles. The van der Waals surface area contributed by atoms with Crippen LogP contribution in [-0.2, 0) is 0 Å². The van der Waals surface area contributed by atoms with Gasteiger partial charge in [-0.2, -0.15) is 0 Å². The first-order valence-corrected chi connectivity index (χ1v) is 8.07. The Morgan fingerprint density at radius 3 is 2.12 bits per heavy atom. The average molecular weight is 312 g/mol. The van der Waals surface area contributed by atoms with E-state index < -0.39 is 0 Å². The van der Waals surface area contributed by atoms with Crippen LogP contribution in [0, 0.1) is 25.7 Å². The lowest BCUT2D eigenvalue weighted by Crippen LogP contribution is -2.01. The summed E-state index contributed by atoms with van der Waals surface area (Å²) in [5, 5.41) is 10.6. The van der Waals surface area contributed by atoms with Crippen LogP contribution in [0.3, 0.4) is 0 Å². The molecule has 0 bridgehead atoms. The predicted molar refractivity (Wildman–Crippen MR) is 99.2 cm³/mol. The molecule has 0 fully saturated rings. The van der Waals surface area contributed by atoms with E-state index in [2.05, 4.69) is 24.0 Å². The summed E-state index contributed by atoms with van der Waals surface area (Å²) in [5.41, 5.74) is 4.93. The fraction of sp³-hybridized carbons (Fsp3) is 0.130. The molecule has 0 heterocycles. The van der Waals surface area contributed by atoms with E-state index >= 15 is 0 Å². The summed E-state index contributed by atoms with van der Waals surface area (Å²) in [7, 11) is 0. The molecule has 1 nitrogen and oxygen atoms in total. The molecule has 0 radical (unpaired) electrons. The van der Waals surface area contributed by atoms with E-state index in [1.807, 2.05) is 74.5 Å². The van der Waals surface area contributed by atoms with Gasteiger partial charge in [0.2, 0.25) is 0 Å². The highest BCUT2D eigenvalue weighted by atomic mass is 16.3. The predicted octanol–water partition coefficient (Wildman–Crippen LogP) is 5.19. The van der Waals surface area contributed by atoms with Crippen molar-refractivity contribution in [2.45, 2.75) is 19.8 Å². The molecular formula is C23H20O. The van der Waals surface area contributed by atoms with Crippen LogP contribution in [0.15, 0.2) is 72.8 Å².